The van der Waals surface area contributed by atoms with Gasteiger partial charge in [0.1, 0.15) is 21.4 Å². The lowest BCUT2D eigenvalue weighted by Crippen LogP contribution is -2.42. The van der Waals surface area contributed by atoms with Crippen LogP contribution in [0.3, 0.4) is 0 Å². The van der Waals surface area contributed by atoms with Crippen molar-refractivity contribution in [1.29, 1.82) is 0 Å². The van der Waals surface area contributed by atoms with E-state index in [0.29, 0.717) is 42.3 Å². The number of aliphatic hydroxyl groups is 1. The summed E-state index contributed by atoms with van der Waals surface area (Å²) in [7, 11) is 13.2. The van der Waals surface area contributed by atoms with Gasteiger partial charge in [-0.3, -0.25) is 9.69 Å². The maximum absolute atomic E-state index is 13.1. The highest BCUT2D eigenvalue weighted by Gasteiger charge is 2.29. The van der Waals surface area contributed by atoms with E-state index in [1.54, 1.807) is 50.9 Å². The van der Waals surface area contributed by atoms with Gasteiger partial charge < -0.3 is 19.9 Å². The number of hydrogen-bond donors (Lipinski definition) is 3. The van der Waals surface area contributed by atoms with E-state index < -0.39 is 11.5 Å². The summed E-state index contributed by atoms with van der Waals surface area (Å²) < 4.78 is 12.9. The minimum absolute atomic E-state index is 0.153. The predicted octanol–water partition coefficient (Wildman–Crippen LogP) is 3.25. The van der Waals surface area contributed by atoms with Gasteiger partial charge in [-0.15, -0.1) is 12.6 Å². The van der Waals surface area contributed by atoms with Crippen molar-refractivity contribution in [1.82, 2.24) is 14.7 Å². The van der Waals surface area contributed by atoms with Crippen molar-refractivity contribution in [2.75, 3.05) is 25.5 Å². The number of ether oxygens (including phenoxy) is 2. The summed E-state index contributed by atoms with van der Waals surface area (Å²) in [4.78, 5) is 16.1. The lowest BCUT2D eigenvalue weighted by Gasteiger charge is -2.36. The molecule has 0 aliphatic carbocycles. The van der Waals surface area contributed by atoms with Crippen LogP contribution >= 0.6 is 12.6 Å². The molecule has 2 heterocycles. The van der Waals surface area contributed by atoms with Crippen LogP contribution in [0.1, 0.15) is 35.5 Å². The summed E-state index contributed by atoms with van der Waals surface area (Å²) >= 11 is 4.31. The molecule has 11 heteroatoms. The normalized spacial score (nSPS) is 16.3. The number of carbonyl (C=O) groups excluding carboxylic acids is 1. The molecule has 1 unspecified atom stereocenters. The highest BCUT2D eigenvalue weighted by atomic mass is 32.1. The minimum Gasteiger partial charge on any atom is -0.509 e. The van der Waals surface area contributed by atoms with Crippen LogP contribution in [0, 0.1) is 6.92 Å². The molecule has 1 aromatic heterocycles. The Morgan fingerprint density at radius 3 is 2.62 bits per heavy atom. The van der Waals surface area contributed by atoms with E-state index >= 15 is 0 Å². The number of aryl methyl sites for hydroxylation is 1. The van der Waals surface area contributed by atoms with E-state index in [1.807, 2.05) is 36.4 Å². The first kappa shape index (κ1) is 29.0. The third-order valence-electron chi connectivity index (χ3n) is 6.55. The molecule has 0 spiro atoms. The van der Waals surface area contributed by atoms with Crippen LogP contribution in [0.5, 0.6) is 5.75 Å². The standard InChI is InChI=1S/C28H32B2N4O4S/c1-17-24(16-34(32-17)21-7-9-23(39)10-8-21)26(35)31-20-6-5-18(25(12-20)38-27(29)30)13-33-14-19(28(2,3)36)11-22(15-33)37-4/h5-12,16,22,27,36,39H,13-15H2,1-4H3,(H,31,35). The van der Waals surface area contributed by atoms with Crippen molar-refractivity contribution >= 4 is 39.9 Å². The Morgan fingerprint density at radius 1 is 1.26 bits per heavy atom. The van der Waals surface area contributed by atoms with Gasteiger partial charge in [-0.2, -0.15) is 5.10 Å². The number of rotatable bonds is 9. The Morgan fingerprint density at radius 2 is 1.97 bits per heavy atom. The number of anilines is 1. The SMILES string of the molecule is [B]C([B])Oc1cc(NC(=O)c2cn(-c3ccc(S)cc3)nc2C)ccc1CN1CC(C(C)(C)O)=CC(OC)C1. The zero-order valence-corrected chi connectivity index (χ0v) is 23.5. The monoisotopic (exact) mass is 542 g/mol. The van der Waals surface area contributed by atoms with Gasteiger partial charge in [-0.05, 0) is 56.7 Å². The number of aromatic nitrogens is 2. The summed E-state index contributed by atoms with van der Waals surface area (Å²) in [6, 6.07) is 12.9. The molecule has 39 heavy (non-hydrogen) atoms. The summed E-state index contributed by atoms with van der Waals surface area (Å²) in [5, 5.41) is 18.0. The van der Waals surface area contributed by atoms with Gasteiger partial charge in [0.05, 0.1) is 28.6 Å². The number of thiol groups is 1. The Kier molecular flexibility index (Phi) is 8.96. The molecule has 0 saturated heterocycles. The van der Waals surface area contributed by atoms with Gasteiger partial charge in [0.2, 0.25) is 0 Å². The van der Waals surface area contributed by atoms with Crippen molar-refractivity contribution in [3.63, 3.8) is 0 Å². The second-order valence-electron chi connectivity index (χ2n) is 10.1. The maximum Gasteiger partial charge on any atom is 0.259 e. The molecule has 0 bridgehead atoms. The second kappa shape index (κ2) is 12.0. The van der Waals surface area contributed by atoms with E-state index in [4.69, 9.17) is 25.2 Å². The van der Waals surface area contributed by atoms with Gasteiger partial charge in [0, 0.05) is 61.1 Å². The summed E-state index contributed by atoms with van der Waals surface area (Å²) in [6.07, 6.45) is 3.51. The third kappa shape index (κ3) is 7.36. The quantitative estimate of drug-likeness (QED) is 0.219. The Hall–Kier alpha value is -2.98. The molecule has 8 nitrogen and oxygen atoms in total. The van der Waals surface area contributed by atoms with Crippen LogP contribution in [-0.2, 0) is 11.3 Å². The largest absolute Gasteiger partial charge is 0.509 e. The smallest absolute Gasteiger partial charge is 0.259 e. The van der Waals surface area contributed by atoms with E-state index in [9.17, 15) is 9.90 Å². The van der Waals surface area contributed by atoms with E-state index in [2.05, 4.69) is 27.9 Å². The average molecular weight is 542 g/mol. The summed E-state index contributed by atoms with van der Waals surface area (Å²) in [5.41, 5.74) is 3.12. The Labute approximate surface area is 237 Å². The molecule has 4 rings (SSSR count). The van der Waals surface area contributed by atoms with Crippen molar-refractivity contribution < 1.29 is 19.4 Å². The molecule has 200 valence electrons. The van der Waals surface area contributed by atoms with Crippen molar-refractivity contribution in [2.24, 2.45) is 0 Å². The first-order chi connectivity index (χ1) is 18.4. The van der Waals surface area contributed by atoms with E-state index in [1.165, 1.54) is 0 Å². The molecule has 1 atom stereocenters. The molecule has 0 fully saturated rings. The number of carbonyl (C=O) groups is 1. The Balaban J connectivity index is 1.53. The molecule has 1 amide bonds. The molecular formula is C28H32B2N4O4S. The van der Waals surface area contributed by atoms with Crippen LogP contribution in [-0.4, -0.2) is 79.2 Å². The molecule has 0 saturated carbocycles. The van der Waals surface area contributed by atoms with Gasteiger partial charge in [-0.25, -0.2) is 4.68 Å². The van der Waals surface area contributed by atoms with Crippen molar-refractivity contribution in [3.8, 4) is 11.4 Å². The van der Waals surface area contributed by atoms with E-state index in [-0.39, 0.29) is 12.0 Å². The van der Waals surface area contributed by atoms with Gasteiger partial charge in [0.25, 0.3) is 5.91 Å². The zero-order valence-electron chi connectivity index (χ0n) is 22.6. The van der Waals surface area contributed by atoms with Crippen LogP contribution in [0.25, 0.3) is 5.69 Å². The maximum atomic E-state index is 13.1. The average Bonchev–Trinajstić information content (AvgIpc) is 3.26. The second-order valence-corrected chi connectivity index (χ2v) is 10.7. The lowest BCUT2D eigenvalue weighted by molar-refractivity contribution is 0.0599. The molecule has 4 radical (unpaired) electrons. The number of nitrogens with one attached hydrogen (secondary N) is 1. The number of methoxy groups -OCH3 is 1. The first-order valence-electron chi connectivity index (χ1n) is 12.6. The molecule has 3 aromatic rings. The van der Waals surface area contributed by atoms with Crippen molar-refractivity contribution in [3.05, 3.63) is 77.1 Å². The zero-order chi connectivity index (χ0) is 28.3. The van der Waals surface area contributed by atoms with Crippen LogP contribution in [0.15, 0.2) is 65.2 Å². The van der Waals surface area contributed by atoms with E-state index in [0.717, 1.165) is 21.7 Å². The molecule has 2 N–H and O–H groups in total. The van der Waals surface area contributed by atoms with Gasteiger partial charge in [0.15, 0.2) is 0 Å². The minimum atomic E-state index is -1.04. The van der Waals surface area contributed by atoms with Crippen LogP contribution in [0.4, 0.5) is 5.69 Å². The lowest BCUT2D eigenvalue weighted by atomic mass is 9.82. The molecule has 1 aliphatic heterocycles. The number of benzene rings is 2. The predicted molar refractivity (Wildman–Crippen MR) is 156 cm³/mol. The molecular weight excluding hydrogens is 510 g/mol. The third-order valence-corrected chi connectivity index (χ3v) is 6.85. The van der Waals surface area contributed by atoms with Gasteiger partial charge in [-0.1, -0.05) is 12.1 Å². The fourth-order valence-electron chi connectivity index (χ4n) is 4.43. The molecule has 1 aliphatic rings. The van der Waals surface area contributed by atoms with Gasteiger partial charge >= 0.3 is 0 Å². The number of hydrogen-bond acceptors (Lipinski definition) is 7. The van der Waals surface area contributed by atoms with Crippen molar-refractivity contribution in [2.45, 2.75) is 49.8 Å². The topological polar surface area (TPSA) is 88.9 Å². The fourth-order valence-corrected chi connectivity index (χ4v) is 4.58. The molecule has 2 aromatic carbocycles. The van der Waals surface area contributed by atoms with Crippen LogP contribution in [0.2, 0.25) is 0 Å². The van der Waals surface area contributed by atoms with Crippen LogP contribution < -0.4 is 10.1 Å². The number of amides is 1. The summed E-state index contributed by atoms with van der Waals surface area (Å²) in [5.74, 6) is -0.895. The fraction of sp³-hybridized carbons (Fsp3) is 0.357. The first-order valence-corrected chi connectivity index (χ1v) is 13.0. The Bertz CT molecular complexity index is 1350. The highest BCUT2D eigenvalue weighted by molar-refractivity contribution is 7.80. The summed E-state index contributed by atoms with van der Waals surface area (Å²) in [6.45, 7) is 7.01. The highest BCUT2D eigenvalue weighted by Crippen LogP contribution is 2.29. The number of nitrogens with zero attached hydrogens (tertiary/aromatic N) is 3.